The van der Waals surface area contributed by atoms with E-state index >= 15 is 0 Å². The smallest absolute Gasteiger partial charge is 0.225 e. The van der Waals surface area contributed by atoms with Gasteiger partial charge in [0.1, 0.15) is 5.75 Å². The van der Waals surface area contributed by atoms with Crippen LogP contribution in [0.4, 0.5) is 5.69 Å². The van der Waals surface area contributed by atoms with Crippen LogP contribution in [-0.4, -0.2) is 69.9 Å². The van der Waals surface area contributed by atoms with Crippen LogP contribution < -0.4 is 9.64 Å². The largest absolute Gasteiger partial charge is 0.495 e. The number of para-hydroxylation sites is 2. The van der Waals surface area contributed by atoms with E-state index in [1.165, 1.54) is 4.31 Å². The third kappa shape index (κ3) is 5.45. The molecule has 7 nitrogen and oxygen atoms in total. The van der Waals surface area contributed by atoms with E-state index in [4.69, 9.17) is 16.3 Å². The van der Waals surface area contributed by atoms with Crippen LogP contribution in [0.25, 0.3) is 0 Å². The van der Waals surface area contributed by atoms with E-state index in [1.54, 1.807) is 31.4 Å². The van der Waals surface area contributed by atoms with Gasteiger partial charge in [-0.05, 0) is 36.6 Å². The molecule has 9 heteroatoms. The Balaban J connectivity index is 1.30. The molecule has 2 aliphatic rings. The standard InChI is InChI=1S/C24H30ClN3O4S/c1-32-23-9-5-4-8-22(23)26-14-16-27(17-15-26)24(29)19-10-12-28(13-11-19)33(30,31)18-20-6-2-3-7-21(20)25/h2-9,19H,10-18H2,1H3. The van der Waals surface area contributed by atoms with Gasteiger partial charge in [0.05, 0.1) is 18.6 Å². The average molecular weight is 492 g/mol. The Kier molecular flexibility index (Phi) is 7.46. The number of ether oxygens (including phenoxy) is 1. The first-order valence-electron chi connectivity index (χ1n) is 11.3. The number of hydrogen-bond donors (Lipinski definition) is 0. The summed E-state index contributed by atoms with van der Waals surface area (Å²) in [7, 11) is -1.81. The number of piperidine rings is 1. The molecule has 0 aliphatic carbocycles. The van der Waals surface area contributed by atoms with Gasteiger partial charge in [-0.1, -0.05) is 41.9 Å². The van der Waals surface area contributed by atoms with Gasteiger partial charge in [0, 0.05) is 50.2 Å². The molecular weight excluding hydrogens is 462 g/mol. The van der Waals surface area contributed by atoms with Crippen LogP contribution in [0.15, 0.2) is 48.5 Å². The summed E-state index contributed by atoms with van der Waals surface area (Å²) >= 11 is 6.14. The summed E-state index contributed by atoms with van der Waals surface area (Å²) in [6.45, 7) is 3.53. The molecule has 4 rings (SSSR count). The molecule has 33 heavy (non-hydrogen) atoms. The summed E-state index contributed by atoms with van der Waals surface area (Å²) in [4.78, 5) is 17.3. The zero-order valence-electron chi connectivity index (χ0n) is 18.8. The highest BCUT2D eigenvalue weighted by atomic mass is 35.5. The van der Waals surface area contributed by atoms with E-state index in [-0.39, 0.29) is 17.6 Å². The Bertz CT molecular complexity index is 1080. The molecule has 2 fully saturated rings. The highest BCUT2D eigenvalue weighted by Gasteiger charge is 2.34. The summed E-state index contributed by atoms with van der Waals surface area (Å²) in [6, 6.07) is 14.9. The van der Waals surface area contributed by atoms with Crippen LogP contribution in [0.2, 0.25) is 5.02 Å². The van der Waals surface area contributed by atoms with E-state index in [2.05, 4.69) is 4.90 Å². The van der Waals surface area contributed by atoms with Crippen LogP contribution >= 0.6 is 11.6 Å². The molecule has 1 amide bonds. The Morgan fingerprint density at radius 1 is 0.970 bits per heavy atom. The van der Waals surface area contributed by atoms with E-state index in [0.29, 0.717) is 49.6 Å². The number of carbonyl (C=O) groups excluding carboxylic acids is 1. The van der Waals surface area contributed by atoms with Gasteiger partial charge in [-0.25, -0.2) is 12.7 Å². The van der Waals surface area contributed by atoms with Crippen molar-refractivity contribution in [1.82, 2.24) is 9.21 Å². The minimum atomic E-state index is -3.47. The summed E-state index contributed by atoms with van der Waals surface area (Å²) in [6.07, 6.45) is 1.10. The van der Waals surface area contributed by atoms with Gasteiger partial charge in [-0.15, -0.1) is 0 Å². The zero-order chi connectivity index (χ0) is 23.4. The van der Waals surface area contributed by atoms with Gasteiger partial charge in [0.2, 0.25) is 15.9 Å². The quantitative estimate of drug-likeness (QED) is 0.620. The number of methoxy groups -OCH3 is 1. The highest BCUT2D eigenvalue weighted by molar-refractivity contribution is 7.88. The number of nitrogens with zero attached hydrogens (tertiary/aromatic N) is 3. The molecule has 0 saturated carbocycles. The fraction of sp³-hybridized carbons (Fsp3) is 0.458. The maximum atomic E-state index is 13.1. The van der Waals surface area contributed by atoms with E-state index < -0.39 is 10.0 Å². The van der Waals surface area contributed by atoms with Crippen molar-refractivity contribution in [1.29, 1.82) is 0 Å². The molecule has 2 heterocycles. The van der Waals surface area contributed by atoms with Gasteiger partial charge in [-0.2, -0.15) is 0 Å². The van der Waals surface area contributed by atoms with Crippen molar-refractivity contribution in [3.63, 3.8) is 0 Å². The van der Waals surface area contributed by atoms with Crippen LogP contribution in [0.1, 0.15) is 18.4 Å². The third-order valence-corrected chi connectivity index (χ3v) is 8.71. The molecule has 2 aromatic carbocycles. The van der Waals surface area contributed by atoms with Crippen LogP contribution in [0, 0.1) is 5.92 Å². The van der Waals surface area contributed by atoms with E-state index in [0.717, 1.165) is 24.5 Å². The average Bonchev–Trinajstić information content (AvgIpc) is 2.85. The van der Waals surface area contributed by atoms with Crippen LogP contribution in [0.5, 0.6) is 5.75 Å². The zero-order valence-corrected chi connectivity index (χ0v) is 20.4. The minimum Gasteiger partial charge on any atom is -0.495 e. The van der Waals surface area contributed by atoms with Gasteiger partial charge in [0.25, 0.3) is 0 Å². The first kappa shape index (κ1) is 23.9. The third-order valence-electron chi connectivity index (χ3n) is 6.51. The number of rotatable bonds is 6. The van der Waals surface area contributed by atoms with E-state index in [9.17, 15) is 13.2 Å². The lowest BCUT2D eigenvalue weighted by atomic mass is 9.96. The van der Waals surface area contributed by atoms with Crippen molar-refractivity contribution in [2.45, 2.75) is 18.6 Å². The molecule has 0 bridgehead atoms. The lowest BCUT2D eigenvalue weighted by molar-refractivity contribution is -0.137. The predicted octanol–water partition coefficient (Wildman–Crippen LogP) is 3.24. The topological polar surface area (TPSA) is 70.2 Å². The Morgan fingerprint density at radius 3 is 2.27 bits per heavy atom. The number of amides is 1. The summed E-state index contributed by atoms with van der Waals surface area (Å²) in [5, 5.41) is 0.457. The van der Waals surface area contributed by atoms with Crippen molar-refractivity contribution in [3.8, 4) is 5.75 Å². The summed E-state index contributed by atoms with van der Waals surface area (Å²) in [5.74, 6) is 0.728. The Morgan fingerprint density at radius 2 is 1.61 bits per heavy atom. The summed E-state index contributed by atoms with van der Waals surface area (Å²) in [5.41, 5.74) is 1.65. The molecule has 2 aliphatic heterocycles. The lowest BCUT2D eigenvalue weighted by Gasteiger charge is -2.39. The fourth-order valence-electron chi connectivity index (χ4n) is 4.60. The molecule has 0 aromatic heterocycles. The predicted molar refractivity (Wildman–Crippen MR) is 130 cm³/mol. The minimum absolute atomic E-state index is 0.115. The highest BCUT2D eigenvalue weighted by Crippen LogP contribution is 2.29. The van der Waals surface area contributed by atoms with Crippen LogP contribution in [0.3, 0.4) is 0 Å². The molecule has 0 radical (unpaired) electrons. The number of piperazine rings is 1. The Hall–Kier alpha value is -2.29. The first-order valence-corrected chi connectivity index (χ1v) is 13.3. The molecule has 0 N–H and O–H groups in total. The van der Waals surface area contributed by atoms with Gasteiger partial charge >= 0.3 is 0 Å². The molecule has 2 aromatic rings. The SMILES string of the molecule is COc1ccccc1N1CCN(C(=O)C2CCN(S(=O)(=O)Cc3ccccc3Cl)CC2)CC1. The van der Waals surface area contributed by atoms with Gasteiger partial charge in [0.15, 0.2) is 0 Å². The van der Waals surface area contributed by atoms with Crippen molar-refractivity contribution in [2.75, 3.05) is 51.3 Å². The molecular formula is C24H30ClN3O4S. The van der Waals surface area contributed by atoms with Gasteiger partial charge in [-0.3, -0.25) is 4.79 Å². The molecule has 2 saturated heterocycles. The number of hydrogen-bond acceptors (Lipinski definition) is 5. The van der Waals surface area contributed by atoms with Crippen LogP contribution in [-0.2, 0) is 20.6 Å². The second-order valence-corrected chi connectivity index (χ2v) is 10.9. The number of anilines is 1. The van der Waals surface area contributed by atoms with Gasteiger partial charge < -0.3 is 14.5 Å². The number of halogens is 1. The number of sulfonamides is 1. The summed E-state index contributed by atoms with van der Waals surface area (Å²) < 4.78 is 32.7. The molecule has 0 atom stereocenters. The fourth-order valence-corrected chi connectivity index (χ4v) is 6.48. The molecule has 0 spiro atoms. The normalized spacial score (nSPS) is 18.4. The lowest BCUT2D eigenvalue weighted by Crippen LogP contribution is -2.52. The van der Waals surface area contributed by atoms with Crippen molar-refractivity contribution < 1.29 is 17.9 Å². The molecule has 0 unspecified atom stereocenters. The van der Waals surface area contributed by atoms with Crippen molar-refractivity contribution >= 4 is 33.2 Å². The van der Waals surface area contributed by atoms with Crippen molar-refractivity contribution in [3.05, 3.63) is 59.1 Å². The first-order chi connectivity index (χ1) is 15.9. The second-order valence-electron chi connectivity index (χ2n) is 8.51. The number of benzene rings is 2. The monoisotopic (exact) mass is 491 g/mol. The molecule has 178 valence electrons. The maximum absolute atomic E-state index is 13.1. The maximum Gasteiger partial charge on any atom is 0.225 e. The number of carbonyl (C=O) groups is 1. The Labute approximate surface area is 200 Å². The van der Waals surface area contributed by atoms with E-state index in [1.807, 2.05) is 29.2 Å². The van der Waals surface area contributed by atoms with Crippen molar-refractivity contribution in [2.24, 2.45) is 5.92 Å². The second kappa shape index (κ2) is 10.3.